The molecule has 0 saturated carbocycles. The van der Waals surface area contributed by atoms with Crippen LogP contribution in [0.25, 0.3) is 0 Å². The van der Waals surface area contributed by atoms with E-state index in [1.54, 1.807) is 7.11 Å². The van der Waals surface area contributed by atoms with E-state index in [-0.39, 0.29) is 5.91 Å². The third-order valence-electron chi connectivity index (χ3n) is 1.96. The zero-order valence-electron chi connectivity index (χ0n) is 8.84. The highest BCUT2D eigenvalue weighted by Gasteiger charge is 2.08. The van der Waals surface area contributed by atoms with E-state index in [0.717, 1.165) is 10.0 Å². The molecular weight excluding hydrogens is 258 g/mol. The van der Waals surface area contributed by atoms with Gasteiger partial charge in [0.2, 0.25) is 0 Å². The van der Waals surface area contributed by atoms with Crippen LogP contribution in [0.4, 0.5) is 0 Å². The molecule has 0 bridgehead atoms. The average molecular weight is 272 g/mol. The number of hydrogen-bond acceptors (Lipinski definition) is 2. The molecule has 0 saturated heterocycles. The minimum absolute atomic E-state index is 0.0809. The Labute approximate surface area is 97.9 Å². The summed E-state index contributed by atoms with van der Waals surface area (Å²) in [4.78, 5) is 11.7. The summed E-state index contributed by atoms with van der Waals surface area (Å²) in [6.07, 6.45) is 0. The molecule has 82 valence electrons. The summed E-state index contributed by atoms with van der Waals surface area (Å²) in [6.45, 7) is 3.00. The normalized spacial score (nSPS) is 10.1. The number of nitrogens with one attached hydrogen (secondary N) is 1. The van der Waals surface area contributed by atoms with Crippen LogP contribution in [0, 0.1) is 6.92 Å². The molecule has 0 aliphatic heterocycles. The molecule has 0 spiro atoms. The van der Waals surface area contributed by atoms with E-state index >= 15 is 0 Å². The number of carbonyl (C=O) groups excluding carboxylic acids is 1. The van der Waals surface area contributed by atoms with Crippen LogP contribution in [0.1, 0.15) is 15.9 Å². The van der Waals surface area contributed by atoms with Gasteiger partial charge in [-0.25, -0.2) is 0 Å². The van der Waals surface area contributed by atoms with E-state index in [0.29, 0.717) is 18.7 Å². The Bertz CT molecular complexity index is 352. The van der Waals surface area contributed by atoms with Crippen LogP contribution < -0.4 is 5.32 Å². The van der Waals surface area contributed by atoms with Crippen LogP contribution in [0.5, 0.6) is 0 Å². The van der Waals surface area contributed by atoms with Crippen LogP contribution in [0.2, 0.25) is 0 Å². The average Bonchev–Trinajstić information content (AvgIpc) is 2.22. The van der Waals surface area contributed by atoms with E-state index < -0.39 is 0 Å². The van der Waals surface area contributed by atoms with Crippen LogP contribution in [0.3, 0.4) is 0 Å². The van der Waals surface area contributed by atoms with Crippen molar-refractivity contribution in [2.75, 3.05) is 20.3 Å². The first-order chi connectivity index (χ1) is 7.15. The van der Waals surface area contributed by atoms with Crippen molar-refractivity contribution in [2.45, 2.75) is 6.92 Å². The number of hydrogen-bond donors (Lipinski definition) is 1. The van der Waals surface area contributed by atoms with Gasteiger partial charge in [0.15, 0.2) is 0 Å². The van der Waals surface area contributed by atoms with Gasteiger partial charge in [0.25, 0.3) is 5.91 Å². The van der Waals surface area contributed by atoms with Gasteiger partial charge < -0.3 is 10.1 Å². The van der Waals surface area contributed by atoms with Crippen molar-refractivity contribution in [2.24, 2.45) is 0 Å². The van der Waals surface area contributed by atoms with Crippen LogP contribution in [-0.2, 0) is 4.74 Å². The summed E-state index contributed by atoms with van der Waals surface area (Å²) in [5.41, 5.74) is 1.72. The monoisotopic (exact) mass is 271 g/mol. The van der Waals surface area contributed by atoms with Crippen molar-refractivity contribution < 1.29 is 9.53 Å². The second-order valence-corrected chi connectivity index (χ2v) is 4.09. The number of aryl methyl sites for hydroxylation is 1. The Kier molecular flexibility index (Phi) is 4.78. The second-order valence-electron chi connectivity index (χ2n) is 3.23. The van der Waals surface area contributed by atoms with Crippen molar-refractivity contribution in [3.05, 3.63) is 33.8 Å². The number of carbonyl (C=O) groups is 1. The molecule has 1 amide bonds. The Morgan fingerprint density at radius 1 is 1.53 bits per heavy atom. The third kappa shape index (κ3) is 3.64. The quantitative estimate of drug-likeness (QED) is 0.853. The number of amides is 1. The summed E-state index contributed by atoms with van der Waals surface area (Å²) < 4.78 is 5.66. The van der Waals surface area contributed by atoms with Crippen molar-refractivity contribution in [1.29, 1.82) is 0 Å². The zero-order valence-corrected chi connectivity index (χ0v) is 10.4. The molecule has 0 fully saturated rings. The van der Waals surface area contributed by atoms with Gasteiger partial charge in [-0.05, 0) is 35.0 Å². The highest BCUT2D eigenvalue weighted by molar-refractivity contribution is 9.10. The lowest BCUT2D eigenvalue weighted by Gasteiger charge is -2.07. The van der Waals surface area contributed by atoms with Gasteiger partial charge in [0.05, 0.1) is 12.2 Å². The molecule has 0 radical (unpaired) electrons. The van der Waals surface area contributed by atoms with E-state index in [2.05, 4.69) is 21.2 Å². The summed E-state index contributed by atoms with van der Waals surface area (Å²) in [6, 6.07) is 5.68. The molecule has 4 heteroatoms. The minimum atomic E-state index is -0.0809. The molecule has 0 heterocycles. The summed E-state index contributed by atoms with van der Waals surface area (Å²) in [5.74, 6) is -0.0809. The molecule has 1 rings (SSSR count). The fourth-order valence-corrected chi connectivity index (χ4v) is 1.60. The predicted molar refractivity (Wildman–Crippen MR) is 63.1 cm³/mol. The maximum atomic E-state index is 11.7. The van der Waals surface area contributed by atoms with E-state index in [1.165, 1.54) is 0 Å². The Morgan fingerprint density at radius 2 is 2.27 bits per heavy atom. The molecule has 3 nitrogen and oxygen atoms in total. The topological polar surface area (TPSA) is 38.3 Å². The standard InChI is InChI=1S/C11H14BrNO2/c1-8-3-4-10(12)9(7-8)11(14)13-5-6-15-2/h3-4,7H,5-6H2,1-2H3,(H,13,14). The van der Waals surface area contributed by atoms with Crippen LogP contribution in [0.15, 0.2) is 22.7 Å². The van der Waals surface area contributed by atoms with Gasteiger partial charge in [-0.2, -0.15) is 0 Å². The second kappa shape index (κ2) is 5.88. The van der Waals surface area contributed by atoms with Gasteiger partial charge in [-0.1, -0.05) is 11.6 Å². The first-order valence-electron chi connectivity index (χ1n) is 4.68. The molecule has 0 aliphatic rings. The van der Waals surface area contributed by atoms with Gasteiger partial charge in [-0.15, -0.1) is 0 Å². The number of benzene rings is 1. The summed E-state index contributed by atoms with van der Waals surface area (Å²) in [7, 11) is 1.61. The van der Waals surface area contributed by atoms with Gasteiger partial charge in [0.1, 0.15) is 0 Å². The first kappa shape index (κ1) is 12.2. The number of ether oxygens (including phenoxy) is 1. The van der Waals surface area contributed by atoms with Gasteiger partial charge >= 0.3 is 0 Å². The van der Waals surface area contributed by atoms with Crippen LogP contribution >= 0.6 is 15.9 Å². The molecule has 0 unspecified atom stereocenters. The van der Waals surface area contributed by atoms with E-state index in [9.17, 15) is 4.79 Å². The zero-order chi connectivity index (χ0) is 11.3. The molecule has 0 aliphatic carbocycles. The fourth-order valence-electron chi connectivity index (χ4n) is 1.17. The van der Waals surface area contributed by atoms with Crippen LogP contribution in [-0.4, -0.2) is 26.2 Å². The maximum absolute atomic E-state index is 11.7. The summed E-state index contributed by atoms with van der Waals surface area (Å²) >= 11 is 3.35. The van der Waals surface area contributed by atoms with E-state index in [1.807, 2.05) is 25.1 Å². The number of rotatable bonds is 4. The van der Waals surface area contributed by atoms with Crippen molar-refractivity contribution >= 4 is 21.8 Å². The van der Waals surface area contributed by atoms with Crippen molar-refractivity contribution in [1.82, 2.24) is 5.32 Å². The van der Waals surface area contributed by atoms with E-state index in [4.69, 9.17) is 4.74 Å². The number of halogens is 1. The van der Waals surface area contributed by atoms with Gasteiger partial charge in [-0.3, -0.25) is 4.79 Å². The number of methoxy groups -OCH3 is 1. The smallest absolute Gasteiger partial charge is 0.252 e. The molecule has 0 atom stereocenters. The SMILES string of the molecule is COCCNC(=O)c1cc(C)ccc1Br. The molecule has 1 N–H and O–H groups in total. The molecule has 0 aromatic heterocycles. The Hall–Kier alpha value is -0.870. The Balaban J connectivity index is 2.68. The maximum Gasteiger partial charge on any atom is 0.252 e. The van der Waals surface area contributed by atoms with Crippen molar-refractivity contribution in [3.8, 4) is 0 Å². The Morgan fingerprint density at radius 3 is 2.93 bits per heavy atom. The van der Waals surface area contributed by atoms with Crippen molar-refractivity contribution in [3.63, 3.8) is 0 Å². The van der Waals surface area contributed by atoms with Gasteiger partial charge in [0, 0.05) is 18.1 Å². The molecular formula is C11H14BrNO2. The lowest BCUT2D eigenvalue weighted by atomic mass is 10.1. The summed E-state index contributed by atoms with van der Waals surface area (Å²) in [5, 5.41) is 2.77. The molecule has 15 heavy (non-hydrogen) atoms. The fraction of sp³-hybridized carbons (Fsp3) is 0.364. The molecule has 1 aromatic carbocycles. The third-order valence-corrected chi connectivity index (χ3v) is 2.65. The lowest BCUT2D eigenvalue weighted by molar-refractivity contribution is 0.0936. The highest BCUT2D eigenvalue weighted by atomic mass is 79.9. The first-order valence-corrected chi connectivity index (χ1v) is 5.47. The molecule has 1 aromatic rings. The minimum Gasteiger partial charge on any atom is -0.383 e. The predicted octanol–water partition coefficient (Wildman–Crippen LogP) is 2.13. The highest BCUT2D eigenvalue weighted by Crippen LogP contribution is 2.17. The lowest BCUT2D eigenvalue weighted by Crippen LogP contribution is -2.27. The largest absolute Gasteiger partial charge is 0.383 e.